The van der Waals surface area contributed by atoms with Gasteiger partial charge in [0.25, 0.3) is 0 Å². The second-order valence-corrected chi connectivity index (χ2v) is 4.70. The summed E-state index contributed by atoms with van der Waals surface area (Å²) < 4.78 is 0. The number of benzene rings is 2. The molecule has 4 rings (SSSR count). The van der Waals surface area contributed by atoms with E-state index >= 15 is 0 Å². The van der Waals surface area contributed by atoms with Gasteiger partial charge < -0.3 is 5.32 Å². The molecule has 17 heavy (non-hydrogen) atoms. The van der Waals surface area contributed by atoms with Crippen LogP contribution in [-0.4, -0.2) is 0 Å². The maximum atomic E-state index is 3.54. The van der Waals surface area contributed by atoms with Crippen molar-refractivity contribution in [2.24, 2.45) is 0 Å². The molecule has 1 aliphatic heterocycles. The van der Waals surface area contributed by atoms with Crippen LogP contribution in [0.3, 0.4) is 0 Å². The van der Waals surface area contributed by atoms with E-state index in [4.69, 9.17) is 0 Å². The van der Waals surface area contributed by atoms with Crippen molar-refractivity contribution in [3.8, 4) is 0 Å². The highest BCUT2D eigenvalue weighted by atomic mass is 14.9. The molecule has 1 unspecified atom stereocenters. The Morgan fingerprint density at radius 2 is 1.76 bits per heavy atom. The number of hydrogen-bond donors (Lipinski definition) is 1. The molecule has 0 radical (unpaired) electrons. The SMILES string of the molecule is C1=C2c3ccccc3NCc3ccccc3C12. The Balaban J connectivity index is 1.85. The average molecular weight is 219 g/mol. The number of anilines is 1. The van der Waals surface area contributed by atoms with Crippen molar-refractivity contribution in [2.75, 3.05) is 5.32 Å². The van der Waals surface area contributed by atoms with E-state index in [0.29, 0.717) is 5.92 Å². The molecule has 0 saturated carbocycles. The number of para-hydroxylation sites is 1. The minimum atomic E-state index is 0.550. The van der Waals surface area contributed by atoms with Crippen LogP contribution in [0.25, 0.3) is 5.57 Å². The Bertz CT molecular complexity index is 625. The zero-order valence-corrected chi connectivity index (χ0v) is 9.48. The predicted molar refractivity (Wildman–Crippen MR) is 70.9 cm³/mol. The molecule has 0 bridgehead atoms. The first kappa shape index (κ1) is 9.06. The van der Waals surface area contributed by atoms with Crippen LogP contribution in [-0.2, 0) is 6.54 Å². The molecule has 0 fully saturated rings. The molecule has 1 N–H and O–H groups in total. The Kier molecular flexibility index (Phi) is 1.72. The molecule has 0 saturated heterocycles. The van der Waals surface area contributed by atoms with E-state index in [1.165, 1.54) is 28.0 Å². The highest BCUT2D eigenvalue weighted by Gasteiger charge is 2.31. The van der Waals surface area contributed by atoms with Crippen molar-refractivity contribution in [1.29, 1.82) is 0 Å². The third-order valence-corrected chi connectivity index (χ3v) is 3.67. The summed E-state index contributed by atoms with van der Waals surface area (Å²) in [7, 11) is 0. The van der Waals surface area contributed by atoms with Gasteiger partial charge in [-0.2, -0.15) is 0 Å². The number of allylic oxidation sites excluding steroid dienone is 2. The van der Waals surface area contributed by atoms with Crippen LogP contribution in [0.4, 0.5) is 5.69 Å². The average Bonchev–Trinajstić information content (AvgIpc) is 3.15. The molecule has 0 amide bonds. The molecule has 1 atom stereocenters. The smallest absolute Gasteiger partial charge is 0.0419 e. The van der Waals surface area contributed by atoms with Crippen LogP contribution in [0.15, 0.2) is 54.6 Å². The summed E-state index contributed by atoms with van der Waals surface area (Å²) >= 11 is 0. The van der Waals surface area contributed by atoms with Crippen molar-refractivity contribution >= 4 is 11.3 Å². The van der Waals surface area contributed by atoms with Crippen LogP contribution >= 0.6 is 0 Å². The van der Waals surface area contributed by atoms with Crippen LogP contribution in [0.1, 0.15) is 22.6 Å². The highest BCUT2D eigenvalue weighted by molar-refractivity contribution is 5.92. The van der Waals surface area contributed by atoms with E-state index in [9.17, 15) is 0 Å². The van der Waals surface area contributed by atoms with Gasteiger partial charge in [0, 0.05) is 23.7 Å². The Morgan fingerprint density at radius 3 is 2.76 bits per heavy atom. The van der Waals surface area contributed by atoms with Gasteiger partial charge in [-0.3, -0.25) is 0 Å². The zero-order valence-electron chi connectivity index (χ0n) is 9.48. The van der Waals surface area contributed by atoms with Crippen molar-refractivity contribution < 1.29 is 0 Å². The van der Waals surface area contributed by atoms with E-state index in [1.807, 2.05) is 0 Å². The van der Waals surface area contributed by atoms with Gasteiger partial charge >= 0.3 is 0 Å². The number of nitrogens with one attached hydrogen (secondary N) is 1. The second kappa shape index (κ2) is 3.24. The van der Waals surface area contributed by atoms with Crippen LogP contribution in [0.2, 0.25) is 0 Å². The standard InChI is InChI=1S/C16H13N/c1-2-6-12-11(5-1)10-17-16-8-4-3-7-13(16)15-9-14(12)15/h1-9,14,17H,10H2. The van der Waals surface area contributed by atoms with E-state index < -0.39 is 0 Å². The van der Waals surface area contributed by atoms with Gasteiger partial charge in [0.1, 0.15) is 0 Å². The molecule has 0 aromatic heterocycles. The molecular weight excluding hydrogens is 206 g/mol. The molecule has 82 valence electrons. The lowest BCUT2D eigenvalue weighted by Crippen LogP contribution is -2.06. The van der Waals surface area contributed by atoms with Crippen molar-refractivity contribution in [1.82, 2.24) is 0 Å². The van der Waals surface area contributed by atoms with Gasteiger partial charge in [-0.15, -0.1) is 0 Å². The van der Waals surface area contributed by atoms with Gasteiger partial charge in [-0.05, 0) is 22.8 Å². The predicted octanol–water partition coefficient (Wildman–Crippen LogP) is 3.79. The largest absolute Gasteiger partial charge is 0.380 e. The fourth-order valence-corrected chi connectivity index (χ4v) is 2.72. The lowest BCUT2D eigenvalue weighted by molar-refractivity contribution is 1.06. The third kappa shape index (κ3) is 1.32. The molecule has 1 aliphatic carbocycles. The summed E-state index contributed by atoms with van der Waals surface area (Å²) in [4.78, 5) is 0. The monoisotopic (exact) mass is 219 g/mol. The fraction of sp³-hybridized carbons (Fsp3) is 0.125. The first-order valence-corrected chi connectivity index (χ1v) is 6.06. The molecular formula is C16H13N. The number of hydrogen-bond acceptors (Lipinski definition) is 1. The lowest BCUT2D eigenvalue weighted by atomic mass is 9.95. The summed E-state index contributed by atoms with van der Waals surface area (Å²) in [6.45, 7) is 0.921. The quantitative estimate of drug-likeness (QED) is 0.710. The normalized spacial score (nSPS) is 19.8. The van der Waals surface area contributed by atoms with Crippen LogP contribution < -0.4 is 5.32 Å². The molecule has 1 nitrogen and oxygen atoms in total. The Labute approximate surface area is 101 Å². The topological polar surface area (TPSA) is 12.0 Å². The summed E-state index contributed by atoms with van der Waals surface area (Å²) in [5, 5.41) is 3.54. The van der Waals surface area contributed by atoms with Gasteiger partial charge in [-0.1, -0.05) is 48.5 Å². The summed E-state index contributed by atoms with van der Waals surface area (Å²) in [5.41, 5.74) is 6.98. The van der Waals surface area contributed by atoms with Crippen LogP contribution in [0, 0.1) is 0 Å². The first-order chi connectivity index (χ1) is 8.43. The third-order valence-electron chi connectivity index (χ3n) is 3.67. The van der Waals surface area contributed by atoms with E-state index in [2.05, 4.69) is 59.9 Å². The summed E-state index contributed by atoms with van der Waals surface area (Å²) in [6.07, 6.45) is 2.37. The van der Waals surface area contributed by atoms with Crippen molar-refractivity contribution in [3.05, 3.63) is 71.3 Å². The molecule has 1 heteroatoms. The van der Waals surface area contributed by atoms with E-state index in [-0.39, 0.29) is 0 Å². The van der Waals surface area contributed by atoms with Gasteiger partial charge in [0.2, 0.25) is 0 Å². The van der Waals surface area contributed by atoms with Gasteiger partial charge in [0.05, 0.1) is 0 Å². The van der Waals surface area contributed by atoms with E-state index in [0.717, 1.165) is 6.54 Å². The van der Waals surface area contributed by atoms with Gasteiger partial charge in [0.15, 0.2) is 0 Å². The van der Waals surface area contributed by atoms with Crippen molar-refractivity contribution in [2.45, 2.75) is 12.5 Å². The molecule has 1 heterocycles. The van der Waals surface area contributed by atoms with Crippen LogP contribution in [0.5, 0.6) is 0 Å². The summed E-state index contributed by atoms with van der Waals surface area (Å²) in [6, 6.07) is 17.3. The van der Waals surface area contributed by atoms with E-state index in [1.54, 1.807) is 0 Å². The molecule has 2 aromatic rings. The maximum Gasteiger partial charge on any atom is 0.0419 e. The summed E-state index contributed by atoms with van der Waals surface area (Å²) in [5.74, 6) is 0.550. The number of fused-ring (bicyclic) bond motifs is 5. The minimum Gasteiger partial charge on any atom is -0.380 e. The highest BCUT2D eigenvalue weighted by Crippen LogP contribution is 2.50. The zero-order chi connectivity index (χ0) is 11.2. The first-order valence-electron chi connectivity index (χ1n) is 6.06. The maximum absolute atomic E-state index is 3.54. The Morgan fingerprint density at radius 1 is 0.941 bits per heavy atom. The van der Waals surface area contributed by atoms with Gasteiger partial charge in [-0.25, -0.2) is 0 Å². The second-order valence-electron chi connectivity index (χ2n) is 4.70. The molecule has 2 aliphatic rings. The number of rotatable bonds is 0. The molecule has 0 spiro atoms. The Hall–Kier alpha value is -2.02. The minimum absolute atomic E-state index is 0.550. The van der Waals surface area contributed by atoms with Crippen molar-refractivity contribution in [3.63, 3.8) is 0 Å². The molecule has 2 aromatic carbocycles. The lowest BCUT2D eigenvalue weighted by Gasteiger charge is -2.17. The fourth-order valence-electron chi connectivity index (χ4n) is 2.72.